The van der Waals surface area contributed by atoms with Crippen LogP contribution in [-0.4, -0.2) is 47.7 Å². The number of H-pyrrole nitrogens is 2. The van der Waals surface area contributed by atoms with Crippen molar-refractivity contribution in [2.24, 2.45) is 0 Å². The molecule has 0 atom stereocenters. The topological polar surface area (TPSA) is 152 Å². The number of rotatable bonds is 7. The maximum Gasteiger partial charge on any atom is 0.355 e. The quantitative estimate of drug-likeness (QED) is 0.468. The third kappa shape index (κ3) is 4.91. The van der Waals surface area contributed by atoms with E-state index in [0.29, 0.717) is 22.3 Å². The van der Waals surface area contributed by atoms with E-state index in [9.17, 15) is 19.2 Å². The van der Waals surface area contributed by atoms with Crippen LogP contribution in [0.25, 0.3) is 11.3 Å². The molecule has 2 heterocycles. The number of carbonyl (C=O) groups excluding carboxylic acids is 2. The molecule has 0 unspecified atom stereocenters. The molecule has 12 heteroatoms. The van der Waals surface area contributed by atoms with Gasteiger partial charge in [-0.2, -0.15) is 0 Å². The molecule has 2 aromatic heterocycles. The molecule has 0 bridgehead atoms. The number of nitrogens with zero attached hydrogens (tertiary/aromatic N) is 1. The Bertz CT molecular complexity index is 1170. The third-order valence-corrected chi connectivity index (χ3v) is 4.50. The van der Waals surface area contributed by atoms with Gasteiger partial charge in [0.1, 0.15) is 5.69 Å². The van der Waals surface area contributed by atoms with Gasteiger partial charge in [-0.15, -0.1) is 11.3 Å². The first-order valence-electron chi connectivity index (χ1n) is 8.38. The standard InChI is InChI=1S/C18H16N4O7S/c1-27-12-4-3-9(5-13(12)28-2)11-8-30-18(20-11)22-15(24)7-29-16(25)10-6-14(23)21-17(26)19-10/h3-6,8H,7H2,1-2H3,(H,20,22,24)(H2,19,21,23,26). The fourth-order valence-corrected chi connectivity index (χ4v) is 3.14. The Labute approximate surface area is 172 Å². The molecule has 1 aromatic carbocycles. The van der Waals surface area contributed by atoms with Gasteiger partial charge in [-0.1, -0.05) is 0 Å². The van der Waals surface area contributed by atoms with Crippen molar-refractivity contribution in [3.8, 4) is 22.8 Å². The minimum atomic E-state index is -1.02. The summed E-state index contributed by atoms with van der Waals surface area (Å²) >= 11 is 1.18. The fraction of sp³-hybridized carbons (Fsp3) is 0.167. The lowest BCUT2D eigenvalue weighted by molar-refractivity contribution is -0.119. The zero-order valence-electron chi connectivity index (χ0n) is 15.8. The van der Waals surface area contributed by atoms with Crippen molar-refractivity contribution < 1.29 is 23.8 Å². The van der Waals surface area contributed by atoms with E-state index in [1.807, 2.05) is 4.98 Å². The van der Waals surface area contributed by atoms with E-state index in [1.165, 1.54) is 25.6 Å². The highest BCUT2D eigenvalue weighted by molar-refractivity contribution is 7.14. The van der Waals surface area contributed by atoms with Gasteiger partial charge in [0.25, 0.3) is 11.5 Å². The van der Waals surface area contributed by atoms with Crippen molar-refractivity contribution in [1.82, 2.24) is 15.0 Å². The summed E-state index contributed by atoms with van der Waals surface area (Å²) in [5, 5.41) is 4.54. The van der Waals surface area contributed by atoms with Crippen LogP contribution >= 0.6 is 11.3 Å². The second-order valence-electron chi connectivity index (χ2n) is 5.73. The molecule has 11 nitrogen and oxygen atoms in total. The molecule has 30 heavy (non-hydrogen) atoms. The predicted molar refractivity (Wildman–Crippen MR) is 107 cm³/mol. The van der Waals surface area contributed by atoms with E-state index in [-0.39, 0.29) is 5.69 Å². The summed E-state index contributed by atoms with van der Waals surface area (Å²) in [4.78, 5) is 54.6. The van der Waals surface area contributed by atoms with Crippen LogP contribution in [0.5, 0.6) is 11.5 Å². The van der Waals surface area contributed by atoms with Gasteiger partial charge >= 0.3 is 11.7 Å². The normalized spacial score (nSPS) is 10.3. The molecule has 1 amide bonds. The second-order valence-corrected chi connectivity index (χ2v) is 6.59. The Morgan fingerprint density at radius 2 is 1.87 bits per heavy atom. The Kier molecular flexibility index (Phi) is 6.27. The number of hydrogen-bond donors (Lipinski definition) is 3. The number of benzene rings is 1. The van der Waals surface area contributed by atoms with Crippen LogP contribution in [0.2, 0.25) is 0 Å². The number of thiazole rings is 1. The van der Waals surface area contributed by atoms with Crippen LogP contribution in [0.1, 0.15) is 10.5 Å². The van der Waals surface area contributed by atoms with Crippen LogP contribution in [0, 0.1) is 0 Å². The van der Waals surface area contributed by atoms with Crippen molar-refractivity contribution in [3.05, 3.63) is 56.2 Å². The number of aromatic amines is 2. The van der Waals surface area contributed by atoms with E-state index >= 15 is 0 Å². The van der Waals surface area contributed by atoms with Crippen LogP contribution in [0.4, 0.5) is 5.13 Å². The molecule has 156 valence electrons. The molecule has 3 rings (SSSR count). The molecule has 0 aliphatic heterocycles. The maximum absolute atomic E-state index is 12.0. The Morgan fingerprint density at radius 3 is 2.57 bits per heavy atom. The first kappa shape index (κ1) is 20.8. The Balaban J connectivity index is 1.61. The number of amides is 1. The minimum absolute atomic E-state index is 0.297. The first-order chi connectivity index (χ1) is 14.4. The van der Waals surface area contributed by atoms with Gasteiger partial charge < -0.3 is 19.2 Å². The van der Waals surface area contributed by atoms with Crippen molar-refractivity contribution in [1.29, 1.82) is 0 Å². The van der Waals surface area contributed by atoms with Gasteiger partial charge in [0.2, 0.25) is 0 Å². The minimum Gasteiger partial charge on any atom is -0.493 e. The summed E-state index contributed by atoms with van der Waals surface area (Å²) in [6.07, 6.45) is 0. The highest BCUT2D eigenvalue weighted by atomic mass is 32.1. The first-order valence-corrected chi connectivity index (χ1v) is 9.26. The number of aromatic nitrogens is 3. The van der Waals surface area contributed by atoms with E-state index in [4.69, 9.17) is 14.2 Å². The van der Waals surface area contributed by atoms with E-state index < -0.39 is 29.7 Å². The number of anilines is 1. The summed E-state index contributed by atoms with van der Waals surface area (Å²) in [6, 6.07) is 6.15. The van der Waals surface area contributed by atoms with Gasteiger partial charge in [-0.25, -0.2) is 14.6 Å². The molecule has 0 saturated carbocycles. The number of nitrogens with one attached hydrogen (secondary N) is 3. The Hall–Kier alpha value is -3.93. The van der Waals surface area contributed by atoms with E-state index in [1.54, 1.807) is 23.6 Å². The highest BCUT2D eigenvalue weighted by Crippen LogP contribution is 2.33. The second kappa shape index (κ2) is 9.05. The van der Waals surface area contributed by atoms with Crippen molar-refractivity contribution >= 4 is 28.3 Å². The van der Waals surface area contributed by atoms with Gasteiger partial charge in [-0.3, -0.25) is 19.9 Å². The lowest BCUT2D eigenvalue weighted by Gasteiger charge is -2.08. The van der Waals surface area contributed by atoms with Gasteiger partial charge in [0.15, 0.2) is 23.2 Å². The largest absolute Gasteiger partial charge is 0.493 e. The summed E-state index contributed by atoms with van der Waals surface area (Å²) in [5.74, 6) is -0.533. The van der Waals surface area contributed by atoms with Crippen LogP contribution in [0.15, 0.2) is 39.2 Å². The van der Waals surface area contributed by atoms with E-state index in [2.05, 4.69) is 15.3 Å². The average Bonchev–Trinajstić information content (AvgIpc) is 3.19. The van der Waals surface area contributed by atoms with Crippen LogP contribution < -0.4 is 26.0 Å². The third-order valence-electron chi connectivity index (χ3n) is 3.74. The smallest absolute Gasteiger partial charge is 0.355 e. The number of methoxy groups -OCH3 is 2. The zero-order chi connectivity index (χ0) is 21.7. The monoisotopic (exact) mass is 432 g/mol. The predicted octanol–water partition coefficient (Wildman–Crippen LogP) is 0.999. The molecule has 0 saturated heterocycles. The highest BCUT2D eigenvalue weighted by Gasteiger charge is 2.14. The summed E-state index contributed by atoms with van der Waals surface area (Å²) in [7, 11) is 3.06. The van der Waals surface area contributed by atoms with Crippen molar-refractivity contribution in [3.63, 3.8) is 0 Å². The lowest BCUT2D eigenvalue weighted by atomic mass is 10.1. The van der Waals surface area contributed by atoms with Crippen LogP contribution in [0.3, 0.4) is 0 Å². The van der Waals surface area contributed by atoms with Gasteiger partial charge in [-0.05, 0) is 18.2 Å². The number of hydrogen-bond acceptors (Lipinski definition) is 9. The average molecular weight is 432 g/mol. The summed E-state index contributed by atoms with van der Waals surface area (Å²) in [6.45, 7) is -0.626. The molecule has 0 spiro atoms. The molecule has 0 aliphatic rings. The van der Waals surface area contributed by atoms with Gasteiger partial charge in [0, 0.05) is 17.0 Å². The molecule has 3 N–H and O–H groups in total. The number of esters is 1. The summed E-state index contributed by atoms with van der Waals surface area (Å²) < 4.78 is 15.3. The molecule has 0 fully saturated rings. The molecule has 0 radical (unpaired) electrons. The van der Waals surface area contributed by atoms with E-state index in [0.717, 1.165) is 11.6 Å². The fourth-order valence-electron chi connectivity index (χ4n) is 2.40. The van der Waals surface area contributed by atoms with Gasteiger partial charge in [0.05, 0.1) is 19.9 Å². The molecular formula is C18H16N4O7S. The van der Waals surface area contributed by atoms with Crippen molar-refractivity contribution in [2.75, 3.05) is 26.1 Å². The Morgan fingerprint density at radius 1 is 1.10 bits per heavy atom. The molecular weight excluding hydrogens is 416 g/mol. The lowest BCUT2D eigenvalue weighted by Crippen LogP contribution is -2.27. The zero-order valence-corrected chi connectivity index (χ0v) is 16.6. The summed E-state index contributed by atoms with van der Waals surface area (Å²) in [5.41, 5.74) is -0.616. The maximum atomic E-state index is 12.0. The SMILES string of the molecule is COc1ccc(-c2csc(NC(=O)COC(=O)c3cc(=O)[nH]c(=O)[nH]3)n2)cc1OC. The molecule has 0 aliphatic carbocycles. The number of carbonyl (C=O) groups is 2. The van der Waals surface area contributed by atoms with Crippen molar-refractivity contribution in [2.45, 2.75) is 0 Å². The molecule has 3 aromatic rings. The van der Waals surface area contributed by atoms with Crippen LogP contribution in [-0.2, 0) is 9.53 Å². The number of ether oxygens (including phenoxy) is 3.